The molecule has 3 heteroatoms. The first kappa shape index (κ1) is 21.4. The lowest BCUT2D eigenvalue weighted by Gasteiger charge is -2.27. The van der Waals surface area contributed by atoms with Crippen LogP contribution in [-0.2, 0) is 0 Å². The molecular formula is C24H25BrNP. The van der Waals surface area contributed by atoms with E-state index in [0.29, 0.717) is 6.42 Å². The minimum absolute atomic E-state index is 0. The van der Waals surface area contributed by atoms with E-state index in [9.17, 15) is 0 Å². The van der Waals surface area contributed by atoms with E-state index >= 15 is 0 Å². The molecule has 0 aliphatic heterocycles. The van der Waals surface area contributed by atoms with Crippen LogP contribution in [0, 0.1) is 11.3 Å². The molecule has 0 atom stereocenters. The van der Waals surface area contributed by atoms with Crippen LogP contribution in [0.4, 0.5) is 0 Å². The highest BCUT2D eigenvalue weighted by molar-refractivity contribution is 7.95. The zero-order valence-electron chi connectivity index (χ0n) is 15.5. The molecule has 0 radical (unpaired) electrons. The molecule has 1 nitrogen and oxygen atoms in total. The number of nitriles is 1. The Bertz CT molecular complexity index is 732. The fourth-order valence-electron chi connectivity index (χ4n) is 3.61. The van der Waals surface area contributed by atoms with E-state index in [1.54, 1.807) is 0 Å². The monoisotopic (exact) mass is 437 g/mol. The van der Waals surface area contributed by atoms with E-state index in [0.717, 1.165) is 25.4 Å². The van der Waals surface area contributed by atoms with Gasteiger partial charge >= 0.3 is 0 Å². The van der Waals surface area contributed by atoms with Crippen molar-refractivity contribution in [2.45, 2.75) is 25.7 Å². The van der Waals surface area contributed by atoms with Gasteiger partial charge in [0, 0.05) is 6.42 Å². The molecule has 3 aromatic rings. The maximum Gasteiger partial charge on any atom is 0.112 e. The van der Waals surface area contributed by atoms with Gasteiger partial charge in [-0.15, -0.1) is 0 Å². The molecule has 0 saturated heterocycles. The SMILES string of the molecule is N#CCCCCC[P+](c1ccccc1)(c1ccccc1)c1ccccc1.[Br-]. The van der Waals surface area contributed by atoms with Crippen LogP contribution in [0.5, 0.6) is 0 Å². The van der Waals surface area contributed by atoms with Gasteiger partial charge in [-0.2, -0.15) is 5.26 Å². The summed E-state index contributed by atoms with van der Waals surface area (Å²) < 4.78 is 0. The molecule has 0 heterocycles. The molecule has 0 N–H and O–H groups in total. The topological polar surface area (TPSA) is 23.8 Å². The lowest BCUT2D eigenvalue weighted by molar-refractivity contribution is -0.00000538. The summed E-state index contributed by atoms with van der Waals surface area (Å²) in [7, 11) is -1.68. The predicted octanol–water partition coefficient (Wildman–Crippen LogP) is 2.07. The number of halogens is 1. The second-order valence-electron chi connectivity index (χ2n) is 6.51. The molecule has 138 valence electrons. The van der Waals surface area contributed by atoms with Crippen molar-refractivity contribution < 1.29 is 17.0 Å². The molecule has 0 bridgehead atoms. The average Bonchev–Trinajstić information content (AvgIpc) is 2.73. The van der Waals surface area contributed by atoms with E-state index in [-0.39, 0.29) is 17.0 Å². The van der Waals surface area contributed by atoms with Crippen LogP contribution >= 0.6 is 7.26 Å². The van der Waals surface area contributed by atoms with Crippen molar-refractivity contribution in [1.82, 2.24) is 0 Å². The van der Waals surface area contributed by atoms with Gasteiger partial charge in [0.15, 0.2) is 0 Å². The van der Waals surface area contributed by atoms with Gasteiger partial charge < -0.3 is 17.0 Å². The number of hydrogen-bond acceptors (Lipinski definition) is 1. The van der Waals surface area contributed by atoms with Gasteiger partial charge in [-0.1, -0.05) is 54.6 Å². The Morgan fingerprint density at radius 1 is 0.593 bits per heavy atom. The third kappa shape index (κ3) is 5.07. The van der Waals surface area contributed by atoms with Crippen LogP contribution in [0.15, 0.2) is 91.0 Å². The highest BCUT2D eigenvalue weighted by Gasteiger charge is 2.44. The Kier molecular flexibility index (Phi) is 8.73. The van der Waals surface area contributed by atoms with Gasteiger partial charge in [-0.3, -0.25) is 0 Å². The molecule has 0 unspecified atom stereocenters. The van der Waals surface area contributed by atoms with Crippen LogP contribution in [0.25, 0.3) is 0 Å². The van der Waals surface area contributed by atoms with Crippen LogP contribution < -0.4 is 32.9 Å². The highest BCUT2D eigenvalue weighted by atomic mass is 79.9. The second-order valence-corrected chi connectivity index (χ2v) is 10.1. The Balaban J connectivity index is 0.00000261. The normalized spacial score (nSPS) is 10.6. The third-order valence-electron chi connectivity index (χ3n) is 4.87. The summed E-state index contributed by atoms with van der Waals surface area (Å²) in [4.78, 5) is 0. The highest BCUT2D eigenvalue weighted by Crippen LogP contribution is 2.55. The molecule has 3 rings (SSSR count). The fourth-order valence-corrected chi connectivity index (χ4v) is 8.02. The number of unbranched alkanes of at least 4 members (excludes halogenated alkanes) is 3. The Morgan fingerprint density at radius 2 is 1.00 bits per heavy atom. The van der Waals surface area contributed by atoms with Crippen molar-refractivity contribution in [2.75, 3.05) is 6.16 Å². The largest absolute Gasteiger partial charge is 1.00 e. The van der Waals surface area contributed by atoms with Crippen LogP contribution in [0.2, 0.25) is 0 Å². The first-order chi connectivity index (χ1) is 12.9. The van der Waals surface area contributed by atoms with Gasteiger partial charge in [0.05, 0.1) is 12.2 Å². The maximum absolute atomic E-state index is 8.82. The number of nitrogens with zero attached hydrogens (tertiary/aromatic N) is 1. The molecule has 0 aliphatic rings. The third-order valence-corrected chi connectivity index (χ3v) is 9.40. The van der Waals surface area contributed by atoms with Gasteiger partial charge in [-0.25, -0.2) is 0 Å². The molecule has 0 amide bonds. The Morgan fingerprint density at radius 3 is 1.37 bits per heavy atom. The fraction of sp³-hybridized carbons (Fsp3) is 0.208. The van der Waals surface area contributed by atoms with Crippen molar-refractivity contribution in [2.24, 2.45) is 0 Å². The smallest absolute Gasteiger partial charge is 0.112 e. The van der Waals surface area contributed by atoms with E-state index in [1.165, 1.54) is 15.9 Å². The maximum atomic E-state index is 8.82. The van der Waals surface area contributed by atoms with E-state index in [4.69, 9.17) is 5.26 Å². The molecule has 0 aromatic heterocycles. The summed E-state index contributed by atoms with van der Waals surface area (Å²) >= 11 is 0. The predicted molar refractivity (Wildman–Crippen MR) is 114 cm³/mol. The summed E-state index contributed by atoms with van der Waals surface area (Å²) in [5.74, 6) is 0. The van der Waals surface area contributed by atoms with Crippen LogP contribution in [0.1, 0.15) is 25.7 Å². The summed E-state index contributed by atoms with van der Waals surface area (Å²) in [6.07, 6.45) is 5.06. The van der Waals surface area contributed by atoms with E-state index in [2.05, 4.69) is 97.1 Å². The number of benzene rings is 3. The molecule has 0 aliphatic carbocycles. The lowest BCUT2D eigenvalue weighted by atomic mass is 10.2. The summed E-state index contributed by atoms with van der Waals surface area (Å²) in [5, 5.41) is 13.1. The minimum atomic E-state index is -1.68. The minimum Gasteiger partial charge on any atom is -1.00 e. The first-order valence-electron chi connectivity index (χ1n) is 9.30. The Hall–Kier alpha value is -1.94. The number of rotatable bonds is 8. The molecule has 0 saturated carbocycles. The zero-order valence-corrected chi connectivity index (χ0v) is 17.9. The van der Waals surface area contributed by atoms with Crippen molar-refractivity contribution in [3.8, 4) is 6.07 Å². The van der Waals surface area contributed by atoms with Gasteiger partial charge in [-0.05, 0) is 55.7 Å². The first-order valence-corrected chi connectivity index (χ1v) is 11.3. The van der Waals surface area contributed by atoms with Crippen molar-refractivity contribution in [3.05, 3.63) is 91.0 Å². The quantitative estimate of drug-likeness (QED) is 0.390. The molecule has 3 aromatic carbocycles. The number of hydrogen-bond donors (Lipinski definition) is 0. The standard InChI is InChI=1S/C24H25NP.BrH/c25-20-12-1-2-13-21-26(22-14-6-3-7-15-22,23-16-8-4-9-17-23)24-18-10-5-11-19-24;/h3-11,14-19H,1-2,12-13,21H2;1H/q+1;/p-1. The molecular weight excluding hydrogens is 413 g/mol. The summed E-state index contributed by atoms with van der Waals surface area (Å²) in [6, 6.07) is 35.3. The van der Waals surface area contributed by atoms with Crippen LogP contribution in [-0.4, -0.2) is 6.16 Å². The van der Waals surface area contributed by atoms with Crippen LogP contribution in [0.3, 0.4) is 0 Å². The molecule has 0 spiro atoms. The van der Waals surface area contributed by atoms with Crippen molar-refractivity contribution in [3.63, 3.8) is 0 Å². The lowest BCUT2D eigenvalue weighted by Crippen LogP contribution is -3.00. The van der Waals surface area contributed by atoms with Gasteiger partial charge in [0.2, 0.25) is 0 Å². The van der Waals surface area contributed by atoms with Gasteiger partial charge in [0.1, 0.15) is 23.2 Å². The van der Waals surface area contributed by atoms with E-state index < -0.39 is 7.26 Å². The average molecular weight is 438 g/mol. The Labute approximate surface area is 174 Å². The van der Waals surface area contributed by atoms with E-state index in [1.807, 2.05) is 0 Å². The van der Waals surface area contributed by atoms with Crippen molar-refractivity contribution in [1.29, 1.82) is 5.26 Å². The summed E-state index contributed by atoms with van der Waals surface area (Å²) in [6.45, 7) is 0. The molecule has 0 fully saturated rings. The zero-order chi connectivity index (χ0) is 18.1. The molecule has 27 heavy (non-hydrogen) atoms. The summed E-state index contributed by atoms with van der Waals surface area (Å²) in [5.41, 5.74) is 0. The van der Waals surface area contributed by atoms with Crippen molar-refractivity contribution >= 4 is 23.2 Å². The van der Waals surface area contributed by atoms with Gasteiger partial charge in [0.25, 0.3) is 0 Å². The second kappa shape index (κ2) is 11.0.